The van der Waals surface area contributed by atoms with Crippen LogP contribution in [0.1, 0.15) is 26.3 Å². The molecule has 0 saturated heterocycles. The van der Waals surface area contributed by atoms with Gasteiger partial charge < -0.3 is 14.8 Å². The van der Waals surface area contributed by atoms with E-state index in [1.165, 1.54) is 23.5 Å². The lowest BCUT2D eigenvalue weighted by Gasteiger charge is -2.35. The Morgan fingerprint density at radius 2 is 1.83 bits per heavy atom. The number of ether oxygens (including phenoxy) is 2. The van der Waals surface area contributed by atoms with Crippen molar-refractivity contribution in [2.45, 2.75) is 44.7 Å². The zero-order valence-electron chi connectivity index (χ0n) is 17.9. The van der Waals surface area contributed by atoms with Gasteiger partial charge in [-0.2, -0.15) is 0 Å². The Kier molecular flexibility index (Phi) is 6.26. The number of hydrogen-bond donors (Lipinski definition) is 1. The summed E-state index contributed by atoms with van der Waals surface area (Å²) in [4.78, 5) is 12.9. The number of fused-ring (bicyclic) bond motifs is 1. The normalized spacial score (nSPS) is 17.1. The summed E-state index contributed by atoms with van der Waals surface area (Å²) in [5.74, 6) is 0.840. The number of methoxy groups -OCH3 is 1. The van der Waals surface area contributed by atoms with Gasteiger partial charge in [-0.1, -0.05) is 19.9 Å². The van der Waals surface area contributed by atoms with E-state index in [0.717, 1.165) is 5.56 Å². The summed E-state index contributed by atoms with van der Waals surface area (Å²) in [6.45, 7) is 7.70. The van der Waals surface area contributed by atoms with Crippen LogP contribution in [0.3, 0.4) is 0 Å². The van der Waals surface area contributed by atoms with E-state index in [1.807, 2.05) is 33.8 Å². The highest BCUT2D eigenvalue weighted by molar-refractivity contribution is 7.92. The molecular formula is C22H28N2O5S. The third-order valence-corrected chi connectivity index (χ3v) is 7.09. The van der Waals surface area contributed by atoms with E-state index in [1.54, 1.807) is 24.3 Å². The fourth-order valence-electron chi connectivity index (χ4n) is 3.08. The molecule has 1 heterocycles. The number of rotatable bonds is 6. The largest absolute Gasteiger partial charge is 0.497 e. The topological polar surface area (TPSA) is 84.9 Å². The molecule has 0 bridgehead atoms. The van der Waals surface area contributed by atoms with Crippen molar-refractivity contribution >= 4 is 21.6 Å². The van der Waals surface area contributed by atoms with Crippen LogP contribution in [0.4, 0.5) is 5.69 Å². The molecule has 2 aromatic carbocycles. The third kappa shape index (κ3) is 4.38. The molecule has 30 heavy (non-hydrogen) atoms. The fraction of sp³-hybridized carbons (Fsp3) is 0.409. The Balaban J connectivity index is 1.98. The van der Waals surface area contributed by atoms with Gasteiger partial charge >= 0.3 is 0 Å². The summed E-state index contributed by atoms with van der Waals surface area (Å²) in [6.07, 6.45) is -0.950. The lowest BCUT2D eigenvalue weighted by molar-refractivity contribution is -0.128. The van der Waals surface area contributed by atoms with Crippen LogP contribution in [0.5, 0.6) is 11.5 Å². The predicted molar refractivity (Wildman–Crippen MR) is 116 cm³/mol. The standard InChI is InChI=1S/C22H28N2O5S/c1-14(2)16(4)23-22(25)21-13-24(19-11-6-15(3)12-20(19)29-21)30(26,27)18-9-7-17(28-5)8-10-18/h6-12,14,16,21H,13H2,1-5H3,(H,23,25)/t16-,21+/m1/s1. The Morgan fingerprint density at radius 1 is 1.17 bits per heavy atom. The van der Waals surface area contributed by atoms with Crippen molar-refractivity contribution in [1.82, 2.24) is 5.32 Å². The number of amides is 1. The fourth-order valence-corrected chi connectivity index (χ4v) is 4.56. The minimum absolute atomic E-state index is 0.0633. The quantitative estimate of drug-likeness (QED) is 0.758. The van der Waals surface area contributed by atoms with E-state index in [2.05, 4.69) is 5.32 Å². The van der Waals surface area contributed by atoms with E-state index in [-0.39, 0.29) is 29.3 Å². The van der Waals surface area contributed by atoms with E-state index in [0.29, 0.717) is 17.2 Å². The molecule has 8 heteroatoms. The van der Waals surface area contributed by atoms with E-state index < -0.39 is 16.1 Å². The first-order valence-corrected chi connectivity index (χ1v) is 11.3. The van der Waals surface area contributed by atoms with Crippen molar-refractivity contribution in [2.75, 3.05) is 18.0 Å². The van der Waals surface area contributed by atoms with E-state index in [4.69, 9.17) is 9.47 Å². The average Bonchev–Trinajstić information content (AvgIpc) is 2.72. The van der Waals surface area contributed by atoms with Gasteiger partial charge in [-0.05, 0) is 61.7 Å². The second-order valence-electron chi connectivity index (χ2n) is 7.83. The van der Waals surface area contributed by atoms with Gasteiger partial charge in [0.15, 0.2) is 6.10 Å². The third-order valence-electron chi connectivity index (χ3n) is 5.29. The van der Waals surface area contributed by atoms with Crippen LogP contribution < -0.4 is 19.1 Å². The molecule has 0 saturated carbocycles. The zero-order chi connectivity index (χ0) is 22.1. The molecule has 3 rings (SSSR count). The maximum atomic E-state index is 13.4. The molecule has 7 nitrogen and oxygen atoms in total. The highest BCUT2D eigenvalue weighted by atomic mass is 32.2. The minimum atomic E-state index is -3.91. The summed E-state index contributed by atoms with van der Waals surface area (Å²) < 4.78 is 39.1. The molecule has 162 valence electrons. The molecule has 0 spiro atoms. The maximum Gasteiger partial charge on any atom is 0.264 e. The summed E-state index contributed by atoms with van der Waals surface area (Å²) in [5.41, 5.74) is 1.32. The molecule has 1 aliphatic heterocycles. The molecule has 0 aliphatic carbocycles. The molecule has 0 aromatic heterocycles. The number of carbonyl (C=O) groups is 1. The van der Waals surface area contributed by atoms with Crippen molar-refractivity contribution in [3.63, 3.8) is 0 Å². The maximum absolute atomic E-state index is 13.4. The number of anilines is 1. The van der Waals surface area contributed by atoms with Gasteiger partial charge in [0.25, 0.3) is 15.9 Å². The van der Waals surface area contributed by atoms with Crippen LogP contribution in [-0.4, -0.2) is 40.1 Å². The second kappa shape index (κ2) is 8.55. The predicted octanol–water partition coefficient (Wildman–Crippen LogP) is 3.12. The van der Waals surface area contributed by atoms with Crippen molar-refractivity contribution in [1.29, 1.82) is 0 Å². The summed E-state index contributed by atoms with van der Waals surface area (Å²) in [6, 6.07) is 11.4. The number of hydrogen-bond acceptors (Lipinski definition) is 5. The molecule has 0 unspecified atom stereocenters. The van der Waals surface area contributed by atoms with Crippen LogP contribution in [-0.2, 0) is 14.8 Å². The lowest BCUT2D eigenvalue weighted by atomic mass is 10.1. The number of benzene rings is 2. The van der Waals surface area contributed by atoms with E-state index >= 15 is 0 Å². The van der Waals surface area contributed by atoms with Crippen molar-refractivity contribution in [2.24, 2.45) is 5.92 Å². The monoisotopic (exact) mass is 432 g/mol. The van der Waals surface area contributed by atoms with Crippen molar-refractivity contribution in [3.05, 3.63) is 48.0 Å². The molecule has 2 atom stereocenters. The summed E-state index contributed by atoms with van der Waals surface area (Å²) >= 11 is 0. The molecule has 1 amide bonds. The van der Waals surface area contributed by atoms with Gasteiger partial charge in [0.1, 0.15) is 11.5 Å². The van der Waals surface area contributed by atoms with Gasteiger partial charge in [0.05, 0.1) is 24.2 Å². The summed E-state index contributed by atoms with van der Waals surface area (Å²) in [7, 11) is -2.39. The lowest BCUT2D eigenvalue weighted by Crippen LogP contribution is -2.52. The van der Waals surface area contributed by atoms with Gasteiger partial charge in [-0.15, -0.1) is 0 Å². The Hall–Kier alpha value is -2.74. The van der Waals surface area contributed by atoms with Crippen LogP contribution in [0.2, 0.25) is 0 Å². The smallest absolute Gasteiger partial charge is 0.264 e. The van der Waals surface area contributed by atoms with Gasteiger partial charge in [-0.3, -0.25) is 9.10 Å². The number of aryl methyl sites for hydroxylation is 1. The first-order valence-electron chi connectivity index (χ1n) is 9.88. The number of carbonyl (C=O) groups excluding carboxylic acids is 1. The van der Waals surface area contributed by atoms with Crippen molar-refractivity contribution < 1.29 is 22.7 Å². The number of sulfonamides is 1. The minimum Gasteiger partial charge on any atom is -0.497 e. The highest BCUT2D eigenvalue weighted by Crippen LogP contribution is 2.38. The average molecular weight is 433 g/mol. The summed E-state index contributed by atoms with van der Waals surface area (Å²) in [5, 5.41) is 2.92. The molecule has 2 aromatic rings. The van der Waals surface area contributed by atoms with Crippen LogP contribution in [0.25, 0.3) is 0 Å². The molecule has 0 fully saturated rings. The van der Waals surface area contributed by atoms with E-state index in [9.17, 15) is 13.2 Å². The van der Waals surface area contributed by atoms with Crippen LogP contribution >= 0.6 is 0 Å². The van der Waals surface area contributed by atoms with Gasteiger partial charge in [0.2, 0.25) is 0 Å². The molecule has 1 N–H and O–H groups in total. The SMILES string of the molecule is COc1ccc(S(=O)(=O)N2C[C@@H](C(=O)N[C@H](C)C(C)C)Oc3cc(C)ccc32)cc1. The Morgan fingerprint density at radius 3 is 2.43 bits per heavy atom. The van der Waals surface area contributed by atoms with Crippen LogP contribution in [0.15, 0.2) is 47.4 Å². The number of nitrogens with zero attached hydrogens (tertiary/aromatic N) is 1. The van der Waals surface area contributed by atoms with Crippen molar-refractivity contribution in [3.8, 4) is 11.5 Å². The van der Waals surface area contributed by atoms with Crippen LogP contribution in [0, 0.1) is 12.8 Å². The first kappa shape index (κ1) is 22.0. The Bertz CT molecular complexity index is 1020. The first-order chi connectivity index (χ1) is 14.1. The molecule has 1 aliphatic rings. The Labute approximate surface area is 178 Å². The zero-order valence-corrected chi connectivity index (χ0v) is 18.7. The molecule has 0 radical (unpaired) electrons. The number of nitrogens with one attached hydrogen (secondary N) is 1. The molecular weight excluding hydrogens is 404 g/mol. The second-order valence-corrected chi connectivity index (χ2v) is 9.69. The van der Waals surface area contributed by atoms with Gasteiger partial charge in [0, 0.05) is 6.04 Å². The highest BCUT2D eigenvalue weighted by Gasteiger charge is 2.38. The van der Waals surface area contributed by atoms with Gasteiger partial charge in [-0.25, -0.2) is 8.42 Å².